The van der Waals surface area contributed by atoms with E-state index in [4.69, 9.17) is 54.2 Å². The van der Waals surface area contributed by atoms with E-state index in [1.807, 2.05) is 6.07 Å². The molecule has 404 valence electrons. The summed E-state index contributed by atoms with van der Waals surface area (Å²) in [7, 11) is -1.40. The number of nitrogen functional groups attached to an aromatic ring is 2. The van der Waals surface area contributed by atoms with Gasteiger partial charge in [-0.25, -0.2) is 29.3 Å². The van der Waals surface area contributed by atoms with E-state index in [1.54, 1.807) is 128 Å². The quantitative estimate of drug-likeness (QED) is 0.0325. The van der Waals surface area contributed by atoms with E-state index in [-0.39, 0.29) is 45.4 Å². The molecule has 0 radical (unpaired) electrons. The summed E-state index contributed by atoms with van der Waals surface area (Å²) in [5.74, 6) is -0.114. The first-order chi connectivity index (χ1) is 38.4. The Labute approximate surface area is 462 Å². The summed E-state index contributed by atoms with van der Waals surface area (Å²) in [5, 5.41) is 49.7. The molecule has 3 aromatic carbocycles. The van der Waals surface area contributed by atoms with Crippen LogP contribution in [0.2, 0.25) is 5.15 Å². The lowest BCUT2D eigenvalue weighted by molar-refractivity contribution is -0.384. The number of pyridine rings is 6. The zero-order valence-electron chi connectivity index (χ0n) is 40.8. The van der Waals surface area contributed by atoms with Gasteiger partial charge in [0.15, 0.2) is 0 Å². The Hall–Kier alpha value is -10.9. The zero-order chi connectivity index (χ0) is 58.0. The van der Waals surface area contributed by atoms with Gasteiger partial charge in [0.25, 0.3) is 0 Å². The van der Waals surface area contributed by atoms with Gasteiger partial charge in [-0.2, -0.15) is 4.90 Å². The number of nitrogens with zero attached hydrogens (tertiary/aromatic N) is 10. The normalized spacial score (nSPS) is 9.80. The van der Waals surface area contributed by atoms with E-state index >= 15 is 0 Å². The standard InChI is InChI=1S/C24H16N4O6.C10H8N4O2.C7H5ClO2.C5H6BNO2.C5H4ClN3O2/c29-23(33-18-9-3-1-4-10-18)27(24(30)34-19-11-5-2-6-12-19)22-21(28(31)32)14-13-20(26-22)17-8-7-15-25-16-17;11-10-9(14(15)16)4-3-8(13-10)7-2-1-5-12-6-7;8-7(9)10-6-4-2-1-3-5-6;8-6(9)5-2-1-3-7-4-5;6-4-2-1-3(9(10)11)5(7)8-4/h1-16H;1-6H,(H2,11,13);1-5H;1-4,8-9H;1-2H,(H2,7,8). The van der Waals surface area contributed by atoms with Crippen LogP contribution in [0.25, 0.3) is 22.5 Å². The first-order valence-electron chi connectivity index (χ1n) is 22.4. The van der Waals surface area contributed by atoms with Crippen molar-refractivity contribution in [1.82, 2.24) is 29.9 Å². The predicted molar refractivity (Wildman–Crippen MR) is 293 cm³/mol. The van der Waals surface area contributed by atoms with E-state index in [1.165, 1.54) is 60.9 Å². The fourth-order valence-electron chi connectivity index (χ4n) is 5.94. The average molecular weight is 1130 g/mol. The number of carbonyl (C=O) groups excluding carboxylic acids is 3. The number of hydrogen-bond acceptors (Lipinski definition) is 22. The summed E-state index contributed by atoms with van der Waals surface area (Å²) in [5.41, 5.74) is 11.4. The van der Waals surface area contributed by atoms with Crippen molar-refractivity contribution in [2.45, 2.75) is 0 Å². The molecule has 0 saturated carbocycles. The molecule has 0 atom stereocenters. The van der Waals surface area contributed by atoms with Crippen molar-refractivity contribution >= 4 is 87.9 Å². The third-order valence-corrected chi connectivity index (χ3v) is 9.82. The minimum atomic E-state index is -1.40. The lowest BCUT2D eigenvalue weighted by Gasteiger charge is -2.19. The summed E-state index contributed by atoms with van der Waals surface area (Å²) >= 11 is 10.4. The van der Waals surface area contributed by atoms with E-state index in [9.17, 15) is 44.7 Å². The van der Waals surface area contributed by atoms with Gasteiger partial charge in [-0.15, -0.1) is 0 Å². The van der Waals surface area contributed by atoms with Crippen LogP contribution < -0.4 is 36.0 Å². The van der Waals surface area contributed by atoms with Gasteiger partial charge >= 0.3 is 41.8 Å². The number of nitrogens with two attached hydrogens (primary N) is 2. The fourth-order valence-corrected chi connectivity index (χ4v) is 6.19. The minimum absolute atomic E-state index is 0.0913. The largest absolute Gasteiger partial charge is 0.490 e. The molecule has 6 N–H and O–H groups in total. The highest BCUT2D eigenvalue weighted by atomic mass is 35.5. The topological polar surface area (TPSA) is 381 Å². The number of anilines is 3. The van der Waals surface area contributed by atoms with Crippen molar-refractivity contribution < 1.29 is 53.4 Å². The van der Waals surface area contributed by atoms with Crippen LogP contribution in [-0.4, -0.2) is 79.5 Å². The second-order valence-electron chi connectivity index (χ2n) is 14.9. The number of ether oxygens (including phenoxy) is 3. The van der Waals surface area contributed by atoms with Crippen molar-refractivity contribution in [3.63, 3.8) is 0 Å². The van der Waals surface area contributed by atoms with Crippen LogP contribution in [0.3, 0.4) is 0 Å². The molecule has 29 heteroatoms. The number of carbonyl (C=O) groups is 3. The van der Waals surface area contributed by atoms with Crippen molar-refractivity contribution in [2.24, 2.45) is 0 Å². The molecule has 0 aliphatic rings. The molecule has 9 rings (SSSR count). The number of benzene rings is 3. The third-order valence-electron chi connectivity index (χ3n) is 9.53. The maximum absolute atomic E-state index is 13.1. The number of halogens is 2. The van der Waals surface area contributed by atoms with Gasteiger partial charge in [-0.3, -0.25) is 45.3 Å². The molecule has 0 aliphatic heterocycles. The van der Waals surface area contributed by atoms with Crippen LogP contribution in [0.4, 0.5) is 48.9 Å². The summed E-state index contributed by atoms with van der Waals surface area (Å²) in [6, 6.07) is 42.6. The zero-order valence-corrected chi connectivity index (χ0v) is 42.3. The highest BCUT2D eigenvalue weighted by molar-refractivity contribution is 6.61. The second kappa shape index (κ2) is 30.6. The maximum Gasteiger partial charge on any atom is 0.490 e. The van der Waals surface area contributed by atoms with E-state index < -0.39 is 51.0 Å². The molecular weight excluding hydrogens is 1090 g/mol. The molecule has 2 amide bonds. The molecule has 0 aliphatic carbocycles. The van der Waals surface area contributed by atoms with Crippen molar-refractivity contribution in [1.29, 1.82) is 0 Å². The summed E-state index contributed by atoms with van der Waals surface area (Å²) in [6.45, 7) is 0. The van der Waals surface area contributed by atoms with Gasteiger partial charge < -0.3 is 35.7 Å². The molecule has 0 bridgehead atoms. The SMILES string of the molecule is Nc1nc(-c2cccnc2)ccc1[N+](=O)[O-].Nc1nc(Cl)ccc1[N+](=O)[O-].O=C(Cl)Oc1ccccc1.O=C(Oc1ccccc1)N(C(=O)Oc1ccccc1)c1nc(-c2cccnc2)ccc1[N+](=O)[O-].OB(O)c1cccnc1. The summed E-state index contributed by atoms with van der Waals surface area (Å²) in [4.78, 5) is 90.6. The Morgan fingerprint density at radius 1 is 0.500 bits per heavy atom. The average Bonchev–Trinajstić information content (AvgIpc) is 3.50. The first-order valence-corrected chi connectivity index (χ1v) is 23.1. The van der Waals surface area contributed by atoms with Gasteiger partial charge in [0, 0.05) is 83.6 Å². The number of imide groups is 1. The number of hydrogen-bond donors (Lipinski definition) is 4. The second-order valence-corrected chi connectivity index (χ2v) is 15.6. The van der Waals surface area contributed by atoms with E-state index in [0.717, 1.165) is 11.6 Å². The Morgan fingerprint density at radius 3 is 1.26 bits per heavy atom. The summed E-state index contributed by atoms with van der Waals surface area (Å²) in [6.07, 6.45) is 6.82. The van der Waals surface area contributed by atoms with Crippen molar-refractivity contribution in [3.8, 4) is 39.8 Å². The number of nitro groups is 3. The van der Waals surface area contributed by atoms with Gasteiger partial charge in [0.05, 0.1) is 26.2 Å². The van der Waals surface area contributed by atoms with E-state index in [2.05, 4.69) is 34.6 Å². The smallest absolute Gasteiger partial charge is 0.423 e. The molecule has 0 fully saturated rings. The van der Waals surface area contributed by atoms with Crippen LogP contribution >= 0.6 is 23.2 Å². The first kappa shape index (κ1) is 60.0. The van der Waals surface area contributed by atoms with Gasteiger partial charge in [0.1, 0.15) is 22.4 Å². The van der Waals surface area contributed by atoms with Crippen LogP contribution in [0.15, 0.2) is 201 Å². The molecule has 80 heavy (non-hydrogen) atoms. The fraction of sp³-hybridized carbons (Fsp3) is 0. The highest BCUT2D eigenvalue weighted by Gasteiger charge is 2.36. The molecule has 0 unspecified atom stereocenters. The van der Waals surface area contributed by atoms with Crippen LogP contribution in [0.1, 0.15) is 0 Å². The molecule has 0 saturated heterocycles. The molecular formula is C51H39BCl2N12O14. The number of aromatic nitrogens is 6. The highest BCUT2D eigenvalue weighted by Crippen LogP contribution is 2.32. The number of amides is 2. The Morgan fingerprint density at radius 2 is 0.900 bits per heavy atom. The van der Waals surface area contributed by atoms with Crippen LogP contribution in [0, 0.1) is 30.3 Å². The molecule has 6 aromatic heterocycles. The monoisotopic (exact) mass is 1120 g/mol. The van der Waals surface area contributed by atoms with Crippen LogP contribution in [0.5, 0.6) is 17.2 Å². The van der Waals surface area contributed by atoms with Gasteiger partial charge in [-0.05, 0) is 84.9 Å². The third kappa shape index (κ3) is 19.1. The Balaban J connectivity index is 0.000000210. The lowest BCUT2D eigenvalue weighted by Crippen LogP contribution is -2.42. The summed E-state index contributed by atoms with van der Waals surface area (Å²) < 4.78 is 15.1. The predicted octanol–water partition coefficient (Wildman–Crippen LogP) is 9.30. The van der Waals surface area contributed by atoms with Gasteiger partial charge in [-0.1, -0.05) is 72.3 Å². The molecule has 0 spiro atoms. The van der Waals surface area contributed by atoms with Crippen molar-refractivity contribution in [2.75, 3.05) is 16.4 Å². The van der Waals surface area contributed by atoms with E-state index in [0.29, 0.717) is 27.4 Å². The number of rotatable bonds is 10. The van der Waals surface area contributed by atoms with Gasteiger partial charge in [0.2, 0.25) is 17.5 Å². The maximum atomic E-state index is 13.1. The molecule has 6 heterocycles. The Bertz CT molecular complexity index is 3450. The van der Waals surface area contributed by atoms with Crippen molar-refractivity contribution in [3.05, 3.63) is 236 Å². The molecule has 26 nitrogen and oxygen atoms in total. The number of para-hydroxylation sites is 3. The van der Waals surface area contributed by atoms with Crippen LogP contribution in [-0.2, 0) is 0 Å². The Kier molecular flexibility index (Phi) is 23.0. The lowest BCUT2D eigenvalue weighted by atomic mass is 9.82. The molecule has 9 aromatic rings. The minimum Gasteiger partial charge on any atom is -0.423 e.